The maximum atomic E-state index is 11.7. The summed E-state index contributed by atoms with van der Waals surface area (Å²) in [6, 6.07) is 10.6. The molecule has 0 unspecified atom stereocenters. The maximum Gasteiger partial charge on any atom is 0.248 e. The van der Waals surface area contributed by atoms with Gasteiger partial charge in [0.05, 0.1) is 0 Å². The molecule has 94 valence electrons. The van der Waals surface area contributed by atoms with Crippen molar-refractivity contribution in [3.8, 4) is 12.3 Å². The van der Waals surface area contributed by atoms with E-state index in [1.165, 1.54) is 6.08 Å². The number of anilines is 1. The third-order valence-electron chi connectivity index (χ3n) is 2.29. The van der Waals surface area contributed by atoms with E-state index in [0.717, 1.165) is 5.56 Å². The van der Waals surface area contributed by atoms with Gasteiger partial charge in [0, 0.05) is 17.3 Å². The van der Waals surface area contributed by atoms with Gasteiger partial charge < -0.3 is 9.73 Å². The molecule has 4 heteroatoms. The topological polar surface area (TPSA) is 42.2 Å². The van der Waals surface area contributed by atoms with Crippen LogP contribution in [0.1, 0.15) is 11.3 Å². The standard InChI is InChI=1S/C15H10BrNO2/c1-2-11-4-3-5-12(10-11)17-15(18)9-7-13-6-8-14(16)19-13/h1,3-10H,(H,17,18)/b9-7+. The van der Waals surface area contributed by atoms with Crippen molar-refractivity contribution in [1.29, 1.82) is 0 Å². The van der Waals surface area contributed by atoms with Gasteiger partial charge in [0.25, 0.3) is 0 Å². The lowest BCUT2D eigenvalue weighted by Crippen LogP contribution is -2.07. The van der Waals surface area contributed by atoms with Crippen LogP contribution in [0.2, 0.25) is 0 Å². The van der Waals surface area contributed by atoms with Crippen molar-refractivity contribution in [2.75, 3.05) is 5.32 Å². The third kappa shape index (κ3) is 3.87. The monoisotopic (exact) mass is 315 g/mol. The molecule has 2 rings (SSSR count). The Morgan fingerprint density at radius 3 is 2.89 bits per heavy atom. The fourth-order valence-corrected chi connectivity index (χ4v) is 1.77. The van der Waals surface area contributed by atoms with Gasteiger partial charge in [-0.1, -0.05) is 12.0 Å². The van der Waals surface area contributed by atoms with E-state index < -0.39 is 0 Å². The van der Waals surface area contributed by atoms with Crippen molar-refractivity contribution in [2.24, 2.45) is 0 Å². The van der Waals surface area contributed by atoms with Gasteiger partial charge in [0.1, 0.15) is 5.76 Å². The number of carbonyl (C=O) groups excluding carboxylic acids is 1. The summed E-state index contributed by atoms with van der Waals surface area (Å²) in [6.07, 6.45) is 8.28. The van der Waals surface area contributed by atoms with Crippen molar-refractivity contribution >= 4 is 33.6 Å². The van der Waals surface area contributed by atoms with Crippen LogP contribution < -0.4 is 5.32 Å². The van der Waals surface area contributed by atoms with Crippen molar-refractivity contribution in [1.82, 2.24) is 0 Å². The van der Waals surface area contributed by atoms with Crippen LogP contribution in [-0.2, 0) is 4.79 Å². The first-order valence-corrected chi connectivity index (χ1v) is 6.28. The van der Waals surface area contributed by atoms with Gasteiger partial charge in [-0.25, -0.2) is 0 Å². The number of hydrogen-bond acceptors (Lipinski definition) is 2. The fourth-order valence-electron chi connectivity index (χ4n) is 1.45. The maximum absolute atomic E-state index is 11.7. The van der Waals surface area contributed by atoms with Crippen LogP contribution in [0.3, 0.4) is 0 Å². The Labute approximate surface area is 119 Å². The molecule has 0 fully saturated rings. The molecule has 0 saturated heterocycles. The van der Waals surface area contributed by atoms with Gasteiger partial charge in [-0.2, -0.15) is 0 Å². The number of benzene rings is 1. The molecule has 3 nitrogen and oxygen atoms in total. The molecule has 1 N–H and O–H groups in total. The predicted octanol–water partition coefficient (Wildman–Crippen LogP) is 3.68. The molecule has 0 bridgehead atoms. The molecule has 19 heavy (non-hydrogen) atoms. The molecule has 0 atom stereocenters. The largest absolute Gasteiger partial charge is 0.450 e. The number of carbonyl (C=O) groups is 1. The average molecular weight is 316 g/mol. The number of amides is 1. The lowest BCUT2D eigenvalue weighted by molar-refractivity contribution is -0.111. The molecule has 0 aliphatic heterocycles. The van der Waals surface area contributed by atoms with Crippen LogP contribution in [0, 0.1) is 12.3 Å². The van der Waals surface area contributed by atoms with Gasteiger partial charge in [-0.3, -0.25) is 4.79 Å². The Morgan fingerprint density at radius 2 is 2.21 bits per heavy atom. The average Bonchev–Trinajstić information content (AvgIpc) is 2.82. The van der Waals surface area contributed by atoms with Crippen LogP contribution in [0.5, 0.6) is 0 Å². The van der Waals surface area contributed by atoms with E-state index in [4.69, 9.17) is 10.8 Å². The van der Waals surface area contributed by atoms with E-state index in [9.17, 15) is 4.79 Å². The second-order valence-electron chi connectivity index (χ2n) is 3.69. The fraction of sp³-hybridized carbons (Fsp3) is 0. The molecule has 0 aliphatic rings. The Balaban J connectivity index is 2.01. The highest BCUT2D eigenvalue weighted by molar-refractivity contribution is 9.10. The second-order valence-corrected chi connectivity index (χ2v) is 4.47. The summed E-state index contributed by atoms with van der Waals surface area (Å²) in [7, 11) is 0. The van der Waals surface area contributed by atoms with Crippen molar-refractivity contribution in [2.45, 2.75) is 0 Å². The van der Waals surface area contributed by atoms with Crippen molar-refractivity contribution < 1.29 is 9.21 Å². The molecule has 1 aromatic heterocycles. The van der Waals surface area contributed by atoms with Crippen LogP contribution in [-0.4, -0.2) is 5.91 Å². The highest BCUT2D eigenvalue weighted by atomic mass is 79.9. The van der Waals surface area contributed by atoms with E-state index in [0.29, 0.717) is 16.1 Å². The predicted molar refractivity (Wildman–Crippen MR) is 78.4 cm³/mol. The molecule has 1 amide bonds. The van der Waals surface area contributed by atoms with Gasteiger partial charge in [-0.15, -0.1) is 6.42 Å². The number of nitrogens with one attached hydrogen (secondary N) is 1. The van der Waals surface area contributed by atoms with E-state index in [-0.39, 0.29) is 5.91 Å². The van der Waals surface area contributed by atoms with Gasteiger partial charge in [0.15, 0.2) is 4.67 Å². The number of halogens is 1. The van der Waals surface area contributed by atoms with Crippen molar-refractivity contribution in [3.05, 3.63) is 58.5 Å². The minimum absolute atomic E-state index is 0.248. The minimum atomic E-state index is -0.248. The summed E-state index contributed by atoms with van der Waals surface area (Å²) in [5.41, 5.74) is 1.38. The lowest BCUT2D eigenvalue weighted by Gasteiger charge is -2.01. The van der Waals surface area contributed by atoms with Gasteiger partial charge >= 0.3 is 0 Å². The first-order chi connectivity index (χ1) is 9.17. The molecule has 2 aromatic rings. The molecule has 1 aromatic carbocycles. The number of rotatable bonds is 3. The number of furan rings is 1. The van der Waals surface area contributed by atoms with E-state index in [2.05, 4.69) is 27.2 Å². The molecular weight excluding hydrogens is 306 g/mol. The van der Waals surface area contributed by atoms with Crippen molar-refractivity contribution in [3.63, 3.8) is 0 Å². The van der Waals surface area contributed by atoms with Crippen LogP contribution in [0.4, 0.5) is 5.69 Å². The highest BCUT2D eigenvalue weighted by Gasteiger charge is 2.00. The van der Waals surface area contributed by atoms with Crippen LogP contribution >= 0.6 is 15.9 Å². The minimum Gasteiger partial charge on any atom is -0.450 e. The Morgan fingerprint density at radius 1 is 1.37 bits per heavy atom. The van der Waals surface area contributed by atoms with E-state index in [1.807, 2.05) is 0 Å². The summed E-state index contributed by atoms with van der Waals surface area (Å²) < 4.78 is 5.86. The quantitative estimate of drug-likeness (QED) is 0.693. The Hall–Kier alpha value is -2.25. The van der Waals surface area contributed by atoms with E-state index in [1.54, 1.807) is 42.5 Å². The highest BCUT2D eigenvalue weighted by Crippen LogP contribution is 2.15. The second kappa shape index (κ2) is 6.07. The summed E-state index contributed by atoms with van der Waals surface area (Å²) in [4.78, 5) is 11.7. The summed E-state index contributed by atoms with van der Waals surface area (Å²) in [6.45, 7) is 0. The Bertz CT molecular complexity index is 665. The summed E-state index contributed by atoms with van der Waals surface area (Å²) in [5.74, 6) is 2.86. The summed E-state index contributed by atoms with van der Waals surface area (Å²) >= 11 is 3.19. The van der Waals surface area contributed by atoms with Gasteiger partial charge in [0.2, 0.25) is 5.91 Å². The first kappa shape index (κ1) is 13.2. The molecule has 1 heterocycles. The lowest BCUT2D eigenvalue weighted by atomic mass is 10.2. The third-order valence-corrected chi connectivity index (χ3v) is 2.72. The number of hydrogen-bond donors (Lipinski definition) is 1. The molecule has 0 aliphatic carbocycles. The normalized spacial score (nSPS) is 10.3. The van der Waals surface area contributed by atoms with Gasteiger partial charge in [-0.05, 0) is 52.3 Å². The SMILES string of the molecule is C#Cc1cccc(NC(=O)/C=C/c2ccc(Br)o2)c1. The zero-order chi connectivity index (χ0) is 13.7. The van der Waals surface area contributed by atoms with Crippen LogP contribution in [0.25, 0.3) is 6.08 Å². The van der Waals surface area contributed by atoms with E-state index >= 15 is 0 Å². The Kier molecular flexibility index (Phi) is 4.22. The molecular formula is C15H10BrNO2. The first-order valence-electron chi connectivity index (χ1n) is 5.48. The molecule has 0 radical (unpaired) electrons. The molecule has 0 saturated carbocycles. The number of terminal acetylenes is 1. The zero-order valence-corrected chi connectivity index (χ0v) is 11.5. The summed E-state index contributed by atoms with van der Waals surface area (Å²) in [5, 5.41) is 2.72. The smallest absolute Gasteiger partial charge is 0.248 e. The van der Waals surface area contributed by atoms with Crippen LogP contribution in [0.15, 0.2) is 51.6 Å². The molecule has 0 spiro atoms. The zero-order valence-electron chi connectivity index (χ0n) is 9.89.